The van der Waals surface area contributed by atoms with E-state index in [1.165, 1.54) is 89.9 Å². The maximum atomic E-state index is 9.84. The van der Waals surface area contributed by atoms with E-state index in [4.69, 9.17) is 5.11 Å². The maximum absolute atomic E-state index is 9.84. The van der Waals surface area contributed by atoms with Crippen molar-refractivity contribution in [2.75, 3.05) is 39.5 Å². The van der Waals surface area contributed by atoms with Crippen LogP contribution >= 0.6 is 0 Å². The highest BCUT2D eigenvalue weighted by atomic mass is 16.3. The minimum Gasteiger partial charge on any atom is -0.392 e. The highest BCUT2D eigenvalue weighted by Gasteiger charge is 2.19. The van der Waals surface area contributed by atoms with Crippen molar-refractivity contribution in [3.63, 3.8) is 0 Å². The molecule has 4 N–H and O–H groups in total. The normalized spacial score (nSPS) is 19.8. The van der Waals surface area contributed by atoms with Gasteiger partial charge in [-0.15, -0.1) is 0 Å². The number of aliphatic hydroxyl groups excluding tert-OH is 2. The van der Waals surface area contributed by atoms with Gasteiger partial charge in [0.15, 0.2) is 0 Å². The van der Waals surface area contributed by atoms with E-state index in [1.54, 1.807) is 0 Å². The molecule has 0 amide bonds. The second-order valence-corrected chi connectivity index (χ2v) is 10.8. The molecule has 2 aliphatic carbocycles. The van der Waals surface area contributed by atoms with Crippen LogP contribution < -0.4 is 10.6 Å². The molecule has 2 saturated carbocycles. The highest BCUT2D eigenvalue weighted by Crippen LogP contribution is 2.30. The standard InChI is InChI=1S/C27H55N3O2/c1-24(32)22-30(20-8-18-28-23-31)21-9-19-29-27(16-14-25-10-4-2-5-11-25)17-15-26-12-6-3-7-13-26/h24-29,31-32H,2-23H2,1H3. The van der Waals surface area contributed by atoms with E-state index >= 15 is 0 Å². The van der Waals surface area contributed by atoms with Crippen molar-refractivity contribution in [3.8, 4) is 0 Å². The Morgan fingerprint density at radius 2 is 1.34 bits per heavy atom. The first-order chi connectivity index (χ1) is 15.7. The van der Waals surface area contributed by atoms with Gasteiger partial charge in [0.2, 0.25) is 0 Å². The van der Waals surface area contributed by atoms with Crippen molar-refractivity contribution >= 4 is 0 Å². The summed E-state index contributed by atoms with van der Waals surface area (Å²) in [4.78, 5) is 2.38. The van der Waals surface area contributed by atoms with Crippen LogP contribution in [0.2, 0.25) is 0 Å². The number of hydrogen-bond acceptors (Lipinski definition) is 5. The van der Waals surface area contributed by atoms with E-state index in [2.05, 4.69) is 15.5 Å². The summed E-state index contributed by atoms with van der Waals surface area (Å²) in [7, 11) is 0. The number of rotatable bonds is 18. The van der Waals surface area contributed by atoms with E-state index < -0.39 is 0 Å². The molecular formula is C27H55N3O2. The molecule has 32 heavy (non-hydrogen) atoms. The molecule has 1 atom stereocenters. The van der Waals surface area contributed by atoms with Gasteiger partial charge >= 0.3 is 0 Å². The van der Waals surface area contributed by atoms with Crippen LogP contribution in [0, 0.1) is 11.8 Å². The van der Waals surface area contributed by atoms with Crippen molar-refractivity contribution < 1.29 is 10.2 Å². The van der Waals surface area contributed by atoms with Crippen LogP contribution in [0.3, 0.4) is 0 Å². The Hall–Kier alpha value is -0.200. The molecule has 0 spiro atoms. The molecule has 0 aromatic heterocycles. The van der Waals surface area contributed by atoms with E-state index in [0.29, 0.717) is 6.04 Å². The van der Waals surface area contributed by atoms with Crippen LogP contribution in [0.25, 0.3) is 0 Å². The smallest absolute Gasteiger partial charge is 0.0931 e. The van der Waals surface area contributed by atoms with Gasteiger partial charge < -0.3 is 20.4 Å². The molecule has 2 fully saturated rings. The Balaban J connectivity index is 1.70. The number of hydrogen-bond donors (Lipinski definition) is 4. The Bertz CT molecular complexity index is 401. The summed E-state index contributed by atoms with van der Waals surface area (Å²) in [5.74, 6) is 1.97. The first-order valence-electron chi connectivity index (χ1n) is 14.1. The van der Waals surface area contributed by atoms with Crippen LogP contribution in [-0.2, 0) is 0 Å². The fourth-order valence-electron chi connectivity index (χ4n) is 5.96. The Labute approximate surface area is 199 Å². The van der Waals surface area contributed by atoms with E-state index in [0.717, 1.165) is 57.4 Å². The van der Waals surface area contributed by atoms with Gasteiger partial charge in [-0.05, 0) is 83.5 Å². The molecule has 5 heteroatoms. The lowest BCUT2D eigenvalue weighted by molar-refractivity contribution is 0.123. The predicted octanol–water partition coefficient (Wildman–Crippen LogP) is 4.67. The SMILES string of the molecule is CC(O)CN(CCCNCO)CCCNC(CCC1CCCCC1)CCC1CCCCC1. The van der Waals surface area contributed by atoms with Crippen LogP contribution in [0.5, 0.6) is 0 Å². The fraction of sp³-hybridized carbons (Fsp3) is 1.00. The fourth-order valence-corrected chi connectivity index (χ4v) is 5.96. The van der Waals surface area contributed by atoms with E-state index in [-0.39, 0.29) is 12.8 Å². The first-order valence-corrected chi connectivity index (χ1v) is 14.1. The lowest BCUT2D eigenvalue weighted by Crippen LogP contribution is -2.37. The van der Waals surface area contributed by atoms with Crippen molar-refractivity contribution in [2.45, 2.75) is 122 Å². The van der Waals surface area contributed by atoms with Crippen molar-refractivity contribution in [1.82, 2.24) is 15.5 Å². The zero-order valence-corrected chi connectivity index (χ0v) is 21.2. The largest absolute Gasteiger partial charge is 0.392 e. The van der Waals surface area contributed by atoms with Crippen molar-refractivity contribution in [3.05, 3.63) is 0 Å². The minimum atomic E-state index is -0.285. The van der Waals surface area contributed by atoms with Gasteiger partial charge in [0.1, 0.15) is 0 Å². The van der Waals surface area contributed by atoms with Crippen LogP contribution in [0.1, 0.15) is 110 Å². The summed E-state index contributed by atoms with van der Waals surface area (Å²) in [6.07, 6.45) is 22.0. The molecule has 0 saturated heterocycles. The van der Waals surface area contributed by atoms with E-state index in [1.807, 2.05) is 6.92 Å². The van der Waals surface area contributed by atoms with Gasteiger partial charge in [-0.25, -0.2) is 0 Å². The molecule has 2 aliphatic rings. The summed E-state index contributed by atoms with van der Waals surface area (Å²) in [6, 6.07) is 0.692. The molecule has 0 heterocycles. The second-order valence-electron chi connectivity index (χ2n) is 10.8. The van der Waals surface area contributed by atoms with E-state index in [9.17, 15) is 5.11 Å². The number of nitrogens with zero attached hydrogens (tertiary/aromatic N) is 1. The third-order valence-electron chi connectivity index (χ3n) is 7.84. The molecular weight excluding hydrogens is 398 g/mol. The van der Waals surface area contributed by atoms with Gasteiger partial charge in [-0.2, -0.15) is 0 Å². The summed E-state index contributed by atoms with van der Waals surface area (Å²) in [5, 5.41) is 25.7. The summed E-state index contributed by atoms with van der Waals surface area (Å²) >= 11 is 0. The molecule has 0 aromatic rings. The van der Waals surface area contributed by atoms with Crippen LogP contribution in [0.15, 0.2) is 0 Å². The van der Waals surface area contributed by atoms with Gasteiger partial charge in [-0.3, -0.25) is 5.32 Å². The monoisotopic (exact) mass is 453 g/mol. The van der Waals surface area contributed by atoms with Crippen LogP contribution in [-0.4, -0.2) is 66.7 Å². The zero-order chi connectivity index (χ0) is 22.9. The average Bonchev–Trinajstić information content (AvgIpc) is 2.81. The van der Waals surface area contributed by atoms with Crippen molar-refractivity contribution in [2.24, 2.45) is 11.8 Å². The minimum absolute atomic E-state index is 0.0451. The first kappa shape index (κ1) is 28.0. The summed E-state index contributed by atoms with van der Waals surface area (Å²) in [5.41, 5.74) is 0. The maximum Gasteiger partial charge on any atom is 0.0931 e. The molecule has 0 bridgehead atoms. The number of nitrogens with one attached hydrogen (secondary N) is 2. The lowest BCUT2D eigenvalue weighted by Gasteiger charge is -2.28. The van der Waals surface area contributed by atoms with Crippen LogP contribution in [0.4, 0.5) is 0 Å². The van der Waals surface area contributed by atoms with Gasteiger partial charge in [0.25, 0.3) is 0 Å². The van der Waals surface area contributed by atoms with Gasteiger partial charge in [-0.1, -0.05) is 64.2 Å². The quantitative estimate of drug-likeness (QED) is 0.179. The third-order valence-corrected chi connectivity index (χ3v) is 7.84. The molecule has 190 valence electrons. The molecule has 5 nitrogen and oxygen atoms in total. The Morgan fingerprint density at radius 1 is 0.812 bits per heavy atom. The lowest BCUT2D eigenvalue weighted by atomic mass is 9.82. The summed E-state index contributed by atoms with van der Waals surface area (Å²) in [6.45, 7) is 6.60. The molecule has 1 unspecified atom stereocenters. The molecule has 0 radical (unpaired) electrons. The Kier molecular flexibility index (Phi) is 15.9. The third kappa shape index (κ3) is 13.5. The number of aliphatic hydroxyl groups is 2. The topological polar surface area (TPSA) is 67.8 Å². The highest BCUT2D eigenvalue weighted by molar-refractivity contribution is 4.75. The summed E-state index contributed by atoms with van der Waals surface area (Å²) < 4.78 is 0. The van der Waals surface area contributed by atoms with Crippen molar-refractivity contribution in [1.29, 1.82) is 0 Å². The molecule has 2 rings (SSSR count). The van der Waals surface area contributed by atoms with Gasteiger partial charge in [0, 0.05) is 12.6 Å². The second kappa shape index (κ2) is 18.2. The predicted molar refractivity (Wildman–Crippen MR) is 136 cm³/mol. The molecule has 0 aliphatic heterocycles. The Morgan fingerprint density at radius 3 is 1.84 bits per heavy atom. The molecule has 0 aromatic carbocycles. The zero-order valence-electron chi connectivity index (χ0n) is 21.2. The average molecular weight is 454 g/mol. The van der Waals surface area contributed by atoms with Gasteiger partial charge in [0.05, 0.1) is 12.8 Å².